The average Bonchev–Trinajstić information content (AvgIpc) is 2.83. The monoisotopic (exact) mass is 288 g/mol. The summed E-state index contributed by atoms with van der Waals surface area (Å²) in [6.07, 6.45) is 1.93. The molecule has 0 saturated carbocycles. The molecule has 0 spiro atoms. The molecule has 2 heteroatoms. The van der Waals surface area contributed by atoms with Crippen LogP contribution in [0, 0.1) is 0 Å². The van der Waals surface area contributed by atoms with E-state index in [2.05, 4.69) is 33.5 Å². The zero-order chi connectivity index (χ0) is 11.2. The lowest BCUT2D eigenvalue weighted by Gasteiger charge is -1.92. The molecule has 0 N–H and O–H groups in total. The van der Waals surface area contributed by atoms with Gasteiger partial charge < -0.3 is 0 Å². The molecule has 1 aromatic carbocycles. The lowest BCUT2D eigenvalue weighted by atomic mass is 10.2. The van der Waals surface area contributed by atoms with E-state index < -0.39 is 0 Å². The van der Waals surface area contributed by atoms with Gasteiger partial charge in [-0.2, -0.15) is 0 Å². The molecule has 0 nitrogen and oxygen atoms in total. The fraction of sp³-hybridized carbons (Fsp3) is 0. The highest BCUT2D eigenvalue weighted by atomic mass is 79.9. The van der Waals surface area contributed by atoms with Crippen LogP contribution in [0.2, 0.25) is 0 Å². The number of rotatable bonds is 2. The molecule has 2 aromatic rings. The number of thiophene rings is 1. The SMILES string of the molecule is BrC(=C=C=Cc1cccs1)c1ccccc1. The zero-order valence-electron chi connectivity index (χ0n) is 8.48. The second kappa shape index (κ2) is 5.69. The van der Waals surface area contributed by atoms with Gasteiger partial charge in [-0.3, -0.25) is 0 Å². The fourth-order valence-electron chi connectivity index (χ4n) is 1.20. The van der Waals surface area contributed by atoms with E-state index in [1.165, 1.54) is 4.88 Å². The molecule has 16 heavy (non-hydrogen) atoms. The summed E-state index contributed by atoms with van der Waals surface area (Å²) >= 11 is 5.16. The quantitative estimate of drug-likeness (QED) is 0.686. The normalized spacial score (nSPS) is 9.06. The minimum absolute atomic E-state index is 0.918. The Hall–Kier alpha value is -1.30. The molecule has 0 aliphatic carbocycles. The first-order chi connectivity index (χ1) is 7.86. The van der Waals surface area contributed by atoms with Crippen molar-refractivity contribution in [1.29, 1.82) is 0 Å². The Labute approximate surface area is 107 Å². The van der Waals surface area contributed by atoms with Crippen molar-refractivity contribution in [2.24, 2.45) is 0 Å². The predicted molar refractivity (Wildman–Crippen MR) is 74.6 cm³/mol. The highest BCUT2D eigenvalue weighted by Crippen LogP contribution is 2.18. The van der Waals surface area contributed by atoms with Crippen LogP contribution in [0.25, 0.3) is 10.6 Å². The number of halogens is 1. The molecule has 0 aliphatic heterocycles. The van der Waals surface area contributed by atoms with Gasteiger partial charge in [0.25, 0.3) is 0 Å². The van der Waals surface area contributed by atoms with Gasteiger partial charge in [0.15, 0.2) is 0 Å². The third kappa shape index (κ3) is 3.10. The van der Waals surface area contributed by atoms with Crippen molar-refractivity contribution < 1.29 is 0 Å². The summed E-state index contributed by atoms with van der Waals surface area (Å²) in [6, 6.07) is 14.1. The van der Waals surface area contributed by atoms with E-state index in [0.29, 0.717) is 0 Å². The maximum absolute atomic E-state index is 3.48. The van der Waals surface area contributed by atoms with Crippen molar-refractivity contribution in [3.05, 3.63) is 69.7 Å². The van der Waals surface area contributed by atoms with Crippen LogP contribution in [0.3, 0.4) is 0 Å². The van der Waals surface area contributed by atoms with Crippen LogP contribution in [0.1, 0.15) is 10.4 Å². The first-order valence-corrected chi connectivity index (χ1v) is 6.49. The maximum atomic E-state index is 3.48. The largest absolute Gasteiger partial charge is 0.144 e. The molecule has 0 saturated heterocycles. The van der Waals surface area contributed by atoms with Crippen molar-refractivity contribution in [3.8, 4) is 0 Å². The molecular weight excluding hydrogens is 280 g/mol. The molecule has 0 radical (unpaired) electrons. The van der Waals surface area contributed by atoms with Crippen molar-refractivity contribution in [2.45, 2.75) is 0 Å². The highest BCUT2D eigenvalue weighted by molar-refractivity contribution is 9.15. The van der Waals surface area contributed by atoms with E-state index in [9.17, 15) is 0 Å². The zero-order valence-corrected chi connectivity index (χ0v) is 10.9. The molecular formula is C14H9BrS. The highest BCUT2D eigenvalue weighted by Gasteiger charge is 1.92. The van der Waals surface area contributed by atoms with Crippen LogP contribution in [0.15, 0.2) is 59.3 Å². The number of hydrogen-bond acceptors (Lipinski definition) is 1. The summed E-state index contributed by atoms with van der Waals surface area (Å²) in [5.74, 6) is 0. The summed E-state index contributed by atoms with van der Waals surface area (Å²) in [7, 11) is 0. The van der Waals surface area contributed by atoms with Crippen LogP contribution >= 0.6 is 27.3 Å². The minimum Gasteiger partial charge on any atom is -0.144 e. The van der Waals surface area contributed by atoms with Crippen LogP contribution in [0.5, 0.6) is 0 Å². The summed E-state index contributed by atoms with van der Waals surface area (Å²) in [5.41, 5.74) is 7.22. The van der Waals surface area contributed by atoms with Gasteiger partial charge in [0, 0.05) is 11.0 Å². The molecule has 0 bridgehead atoms. The Balaban J connectivity index is 2.28. The third-order valence-electron chi connectivity index (χ3n) is 1.97. The van der Waals surface area contributed by atoms with Crippen molar-refractivity contribution in [3.63, 3.8) is 0 Å². The van der Waals surface area contributed by atoms with E-state index >= 15 is 0 Å². The minimum atomic E-state index is 0.918. The van der Waals surface area contributed by atoms with Gasteiger partial charge in [-0.25, -0.2) is 0 Å². The lowest BCUT2D eigenvalue weighted by Crippen LogP contribution is -1.70. The van der Waals surface area contributed by atoms with Gasteiger partial charge >= 0.3 is 0 Å². The standard InChI is InChI=1S/C14H9BrS/c15-14(12-6-2-1-3-7-12)10-4-8-13-9-5-11-16-13/h1-3,5-9,11H. The first-order valence-electron chi connectivity index (χ1n) is 4.82. The maximum Gasteiger partial charge on any atom is 0.0749 e. The third-order valence-corrected chi connectivity index (χ3v) is 3.44. The molecule has 1 heterocycles. The summed E-state index contributed by atoms with van der Waals surface area (Å²) in [5, 5.41) is 2.05. The van der Waals surface area contributed by atoms with E-state index in [-0.39, 0.29) is 0 Å². The van der Waals surface area contributed by atoms with E-state index in [1.807, 2.05) is 47.9 Å². The number of benzene rings is 1. The van der Waals surface area contributed by atoms with E-state index in [1.54, 1.807) is 11.3 Å². The molecule has 0 atom stereocenters. The lowest BCUT2D eigenvalue weighted by molar-refractivity contribution is 1.66. The molecule has 0 fully saturated rings. The topological polar surface area (TPSA) is 0 Å². The Morgan fingerprint density at radius 3 is 2.62 bits per heavy atom. The fourth-order valence-corrected chi connectivity index (χ4v) is 2.18. The van der Waals surface area contributed by atoms with Crippen LogP contribution < -0.4 is 0 Å². The smallest absolute Gasteiger partial charge is 0.0749 e. The van der Waals surface area contributed by atoms with Crippen molar-refractivity contribution >= 4 is 37.8 Å². The van der Waals surface area contributed by atoms with Gasteiger partial charge in [-0.05, 0) is 32.9 Å². The van der Waals surface area contributed by atoms with E-state index in [0.717, 1.165) is 10.0 Å². The average molecular weight is 289 g/mol. The molecule has 78 valence electrons. The van der Waals surface area contributed by atoms with Gasteiger partial charge in [0.05, 0.1) is 4.48 Å². The molecule has 0 amide bonds. The Morgan fingerprint density at radius 1 is 1.12 bits per heavy atom. The Bertz CT molecular complexity index is 540. The van der Waals surface area contributed by atoms with Gasteiger partial charge in [0.1, 0.15) is 0 Å². The van der Waals surface area contributed by atoms with Crippen LogP contribution in [-0.2, 0) is 0 Å². The second-order valence-corrected chi connectivity index (χ2v) is 4.88. The van der Waals surface area contributed by atoms with E-state index in [4.69, 9.17) is 0 Å². The van der Waals surface area contributed by atoms with Crippen molar-refractivity contribution in [2.75, 3.05) is 0 Å². The molecule has 0 aliphatic rings. The van der Waals surface area contributed by atoms with Gasteiger partial charge in [-0.1, -0.05) is 47.9 Å². The van der Waals surface area contributed by atoms with Crippen LogP contribution in [-0.4, -0.2) is 0 Å². The van der Waals surface area contributed by atoms with Gasteiger partial charge in [-0.15, -0.1) is 11.3 Å². The van der Waals surface area contributed by atoms with Gasteiger partial charge in [0.2, 0.25) is 0 Å². The summed E-state index contributed by atoms with van der Waals surface area (Å²) in [6.45, 7) is 0. The first kappa shape index (κ1) is 11.2. The summed E-state index contributed by atoms with van der Waals surface area (Å²) in [4.78, 5) is 1.18. The number of hydrogen-bond donors (Lipinski definition) is 0. The molecule has 1 aromatic heterocycles. The molecule has 0 unspecified atom stereocenters. The second-order valence-electron chi connectivity index (χ2n) is 3.11. The molecule has 2 rings (SSSR count). The Morgan fingerprint density at radius 2 is 1.94 bits per heavy atom. The van der Waals surface area contributed by atoms with Crippen LogP contribution in [0.4, 0.5) is 0 Å². The predicted octanol–water partition coefficient (Wildman–Crippen LogP) is 4.95. The Kier molecular flexibility index (Phi) is 3.98. The summed E-state index contributed by atoms with van der Waals surface area (Å²) < 4.78 is 0.918. The van der Waals surface area contributed by atoms with Crippen molar-refractivity contribution in [1.82, 2.24) is 0 Å².